The summed E-state index contributed by atoms with van der Waals surface area (Å²) in [7, 11) is 0. The van der Waals surface area contributed by atoms with Crippen LogP contribution in [0.1, 0.15) is 12.0 Å². The minimum atomic E-state index is -4.80. The van der Waals surface area contributed by atoms with E-state index in [4.69, 9.17) is 5.11 Å². The number of hydrogen-bond acceptors (Lipinski definition) is 3. The highest BCUT2D eigenvalue weighted by Gasteiger charge is 2.46. The quantitative estimate of drug-likeness (QED) is 0.856. The highest BCUT2D eigenvalue weighted by molar-refractivity contribution is 5.83. The van der Waals surface area contributed by atoms with Gasteiger partial charge in [0.1, 0.15) is 5.75 Å². The Labute approximate surface area is 128 Å². The third-order valence-electron chi connectivity index (χ3n) is 3.47. The van der Waals surface area contributed by atoms with Gasteiger partial charge in [-0.15, -0.1) is 13.2 Å². The Kier molecular flexibility index (Phi) is 4.49. The monoisotopic (exact) mass is 335 g/mol. The zero-order valence-corrected chi connectivity index (χ0v) is 11.8. The molecule has 0 spiro atoms. The molecule has 0 radical (unpaired) electrons. The number of amides is 1. The van der Waals surface area contributed by atoms with Crippen molar-refractivity contribution in [2.75, 3.05) is 13.1 Å². The van der Waals surface area contributed by atoms with Gasteiger partial charge in [0, 0.05) is 13.0 Å². The second kappa shape index (κ2) is 6.05. The van der Waals surface area contributed by atoms with Gasteiger partial charge in [-0.1, -0.05) is 12.1 Å². The molecular weight excluding hydrogens is 322 g/mol. The molecule has 1 unspecified atom stereocenters. The minimum absolute atomic E-state index is 0.0170. The van der Waals surface area contributed by atoms with Crippen molar-refractivity contribution in [3.05, 3.63) is 29.8 Å². The average molecular weight is 335 g/mol. The number of benzene rings is 1. The molecule has 0 bridgehead atoms. The van der Waals surface area contributed by atoms with E-state index in [1.165, 1.54) is 12.1 Å². The molecule has 1 saturated heterocycles. The van der Waals surface area contributed by atoms with E-state index in [1.54, 1.807) is 0 Å². The molecule has 0 saturated carbocycles. The smallest absolute Gasteiger partial charge is 0.479 e. The molecule has 1 atom stereocenters. The lowest BCUT2D eigenvalue weighted by Gasteiger charge is -2.18. The highest BCUT2D eigenvalue weighted by atomic mass is 19.4. The third kappa shape index (κ3) is 4.33. The number of halogens is 4. The van der Waals surface area contributed by atoms with E-state index in [1.807, 2.05) is 0 Å². The molecule has 0 aromatic heterocycles. The fourth-order valence-electron chi connectivity index (χ4n) is 2.26. The number of nitrogens with zero attached hydrogens (tertiary/aromatic N) is 1. The van der Waals surface area contributed by atoms with Gasteiger partial charge in [0.15, 0.2) is 0 Å². The second-order valence-electron chi connectivity index (χ2n) is 5.20. The summed E-state index contributed by atoms with van der Waals surface area (Å²) in [4.78, 5) is 23.9. The number of ether oxygens (including phenoxy) is 1. The van der Waals surface area contributed by atoms with Crippen molar-refractivity contribution in [2.24, 2.45) is 0 Å². The van der Waals surface area contributed by atoms with Gasteiger partial charge in [-0.25, -0.2) is 9.18 Å². The van der Waals surface area contributed by atoms with Crippen LogP contribution in [0.15, 0.2) is 24.3 Å². The third-order valence-corrected chi connectivity index (χ3v) is 3.47. The van der Waals surface area contributed by atoms with Crippen LogP contribution in [-0.4, -0.2) is 47.0 Å². The second-order valence-corrected chi connectivity index (χ2v) is 5.20. The number of carboxylic acids is 1. The maximum absolute atomic E-state index is 13.9. The molecule has 1 aromatic carbocycles. The number of hydrogen-bond donors (Lipinski definition) is 1. The number of carboxylic acid groups (broad SMARTS) is 1. The normalized spacial score (nSPS) is 21.3. The van der Waals surface area contributed by atoms with Crippen LogP contribution in [0.3, 0.4) is 0 Å². The Morgan fingerprint density at radius 3 is 2.35 bits per heavy atom. The predicted octanol–water partition coefficient (Wildman–Crippen LogP) is 2.15. The molecular formula is C14H13F4NO4. The Hall–Kier alpha value is -2.32. The van der Waals surface area contributed by atoms with E-state index in [-0.39, 0.29) is 19.4 Å². The standard InChI is InChI=1S/C14H13F4NO4/c15-13(12(21)22)5-6-19(8-13)11(20)7-9-1-3-10(4-2-9)23-14(16,17)18/h1-4H,5-8H2,(H,21,22). The molecule has 1 fully saturated rings. The Morgan fingerprint density at radius 2 is 1.87 bits per heavy atom. The number of likely N-dealkylation sites (tertiary alicyclic amines) is 1. The van der Waals surface area contributed by atoms with Crippen molar-refractivity contribution in [1.82, 2.24) is 4.90 Å². The van der Waals surface area contributed by atoms with Crippen molar-refractivity contribution in [2.45, 2.75) is 24.9 Å². The average Bonchev–Trinajstić information content (AvgIpc) is 2.84. The Bertz CT molecular complexity index is 602. The van der Waals surface area contributed by atoms with Crippen LogP contribution >= 0.6 is 0 Å². The maximum atomic E-state index is 13.9. The minimum Gasteiger partial charge on any atom is -0.479 e. The molecule has 1 aliphatic rings. The number of carbonyl (C=O) groups is 2. The first-order valence-corrected chi connectivity index (χ1v) is 6.64. The van der Waals surface area contributed by atoms with Gasteiger partial charge in [0.05, 0.1) is 13.0 Å². The summed E-state index contributed by atoms with van der Waals surface area (Å²) in [6, 6.07) is 4.71. The van der Waals surface area contributed by atoms with Crippen molar-refractivity contribution in [3.63, 3.8) is 0 Å². The van der Waals surface area contributed by atoms with Gasteiger partial charge in [0.25, 0.3) is 0 Å². The first-order chi connectivity index (χ1) is 10.6. The lowest BCUT2D eigenvalue weighted by Crippen LogP contribution is -2.39. The number of aliphatic carboxylic acids is 1. The van der Waals surface area contributed by atoms with Crippen LogP contribution < -0.4 is 4.74 Å². The first-order valence-electron chi connectivity index (χ1n) is 6.64. The van der Waals surface area contributed by atoms with Crippen molar-refractivity contribution >= 4 is 11.9 Å². The zero-order valence-electron chi connectivity index (χ0n) is 11.8. The van der Waals surface area contributed by atoms with E-state index in [9.17, 15) is 27.2 Å². The largest absolute Gasteiger partial charge is 0.573 e. The summed E-state index contributed by atoms with van der Waals surface area (Å²) in [5.74, 6) is -2.51. The highest BCUT2D eigenvalue weighted by Crippen LogP contribution is 2.27. The van der Waals surface area contributed by atoms with Crippen LogP contribution in [0.5, 0.6) is 5.75 Å². The number of rotatable bonds is 4. The van der Waals surface area contributed by atoms with Crippen LogP contribution in [0.2, 0.25) is 0 Å². The number of carbonyl (C=O) groups excluding carboxylic acids is 1. The zero-order chi connectivity index (χ0) is 17.3. The molecule has 2 rings (SSSR count). The number of alkyl halides is 4. The van der Waals surface area contributed by atoms with Crippen molar-refractivity contribution < 1.29 is 37.0 Å². The molecule has 1 aromatic rings. The van der Waals surface area contributed by atoms with Crippen LogP contribution in [-0.2, 0) is 16.0 Å². The molecule has 9 heteroatoms. The summed E-state index contributed by atoms with van der Waals surface area (Å²) in [6.07, 6.45) is -5.25. The molecule has 1 heterocycles. The molecule has 23 heavy (non-hydrogen) atoms. The van der Waals surface area contributed by atoms with Crippen LogP contribution in [0.25, 0.3) is 0 Å². The molecule has 126 valence electrons. The van der Waals surface area contributed by atoms with E-state index in [0.29, 0.717) is 5.56 Å². The van der Waals surface area contributed by atoms with E-state index in [2.05, 4.69) is 4.74 Å². The summed E-state index contributed by atoms with van der Waals surface area (Å²) >= 11 is 0. The lowest BCUT2D eigenvalue weighted by atomic mass is 10.1. The van der Waals surface area contributed by atoms with Crippen LogP contribution in [0.4, 0.5) is 17.6 Å². The molecule has 1 N–H and O–H groups in total. The van der Waals surface area contributed by atoms with E-state index >= 15 is 0 Å². The maximum Gasteiger partial charge on any atom is 0.573 e. The summed E-state index contributed by atoms with van der Waals surface area (Å²) < 4.78 is 53.7. The lowest BCUT2D eigenvalue weighted by molar-refractivity contribution is -0.274. The van der Waals surface area contributed by atoms with Crippen molar-refractivity contribution in [1.29, 1.82) is 0 Å². The fraction of sp³-hybridized carbons (Fsp3) is 0.429. The van der Waals surface area contributed by atoms with Gasteiger partial charge >= 0.3 is 12.3 Å². The summed E-state index contributed by atoms with van der Waals surface area (Å²) in [6.45, 7) is -0.548. The molecule has 5 nitrogen and oxygen atoms in total. The molecule has 0 aliphatic carbocycles. The topological polar surface area (TPSA) is 66.8 Å². The van der Waals surface area contributed by atoms with E-state index < -0.39 is 36.2 Å². The van der Waals surface area contributed by atoms with E-state index in [0.717, 1.165) is 17.0 Å². The predicted molar refractivity (Wildman–Crippen MR) is 69.5 cm³/mol. The first kappa shape index (κ1) is 17.0. The SMILES string of the molecule is O=C(Cc1ccc(OC(F)(F)F)cc1)N1CCC(F)(C(=O)O)C1. The van der Waals surface area contributed by atoms with Crippen molar-refractivity contribution in [3.8, 4) is 5.75 Å². The van der Waals surface area contributed by atoms with Gasteiger partial charge in [-0.3, -0.25) is 4.79 Å². The van der Waals surface area contributed by atoms with Gasteiger partial charge in [-0.05, 0) is 17.7 Å². The Balaban J connectivity index is 1.95. The Morgan fingerprint density at radius 1 is 1.26 bits per heavy atom. The summed E-state index contributed by atoms with van der Waals surface area (Å²) in [5.41, 5.74) is -2.03. The van der Waals surface area contributed by atoms with Gasteiger partial charge in [0.2, 0.25) is 11.6 Å². The fourth-order valence-corrected chi connectivity index (χ4v) is 2.26. The van der Waals surface area contributed by atoms with Crippen LogP contribution in [0, 0.1) is 0 Å². The van der Waals surface area contributed by atoms with Gasteiger partial charge < -0.3 is 14.7 Å². The summed E-state index contributed by atoms with van der Waals surface area (Å²) in [5, 5.41) is 8.77. The van der Waals surface area contributed by atoms with Gasteiger partial charge in [-0.2, -0.15) is 0 Å². The molecule has 1 aliphatic heterocycles. The molecule has 1 amide bonds.